The lowest BCUT2D eigenvalue weighted by Crippen LogP contribution is -2.45. The molecule has 39 heteroatoms. The summed E-state index contributed by atoms with van der Waals surface area (Å²) < 4.78 is 93.8. The summed E-state index contributed by atoms with van der Waals surface area (Å²) in [6.07, 6.45) is 12.0. The number of halogens is 9. The molecule has 18 rings (SSSR count). The second kappa shape index (κ2) is 41.8. The summed E-state index contributed by atoms with van der Waals surface area (Å²) in [4.78, 5) is 69.6. The van der Waals surface area contributed by atoms with Gasteiger partial charge in [0.1, 0.15) is 5.82 Å². The normalized spacial score (nSPS) is 14.7. The predicted molar refractivity (Wildman–Crippen MR) is 521 cm³/mol. The molecule has 0 radical (unpaired) electrons. The van der Waals surface area contributed by atoms with Crippen molar-refractivity contribution in [1.82, 2.24) is 84.3 Å². The van der Waals surface area contributed by atoms with E-state index in [4.69, 9.17) is 77.1 Å². The Morgan fingerprint density at radius 2 is 0.832 bits per heavy atom. The molecule has 2 saturated heterocycles. The Labute approximate surface area is 785 Å². The van der Waals surface area contributed by atoms with Crippen LogP contribution in [0.2, 0.25) is 10.0 Å². The molecular weight excluding hydrogens is 1800 g/mol. The molecule has 12 aromatic rings. The van der Waals surface area contributed by atoms with Gasteiger partial charge in [-0.05, 0) is 189 Å². The number of likely N-dealkylation sites (N-methyl/N-ethyl adjacent to an activating group) is 3. The van der Waals surface area contributed by atoms with E-state index >= 15 is 0 Å². The summed E-state index contributed by atoms with van der Waals surface area (Å²) in [6.45, 7) is 13.1. The fraction of sp³-hybridized carbons (Fsp3) is 0.304. The third-order valence-electron chi connectivity index (χ3n) is 22.3. The van der Waals surface area contributed by atoms with Crippen molar-refractivity contribution in [3.8, 4) is 45.0 Å². The van der Waals surface area contributed by atoms with Crippen molar-refractivity contribution in [2.24, 2.45) is 0 Å². The molecule has 6 aliphatic heterocycles. The van der Waals surface area contributed by atoms with Crippen LogP contribution in [0, 0.1) is 12.9 Å². The number of piperazine rings is 2. The van der Waals surface area contributed by atoms with Gasteiger partial charge < -0.3 is 71.9 Å². The van der Waals surface area contributed by atoms with Gasteiger partial charge in [-0.15, -0.1) is 0 Å². The number of benzene rings is 4. The fourth-order valence-corrected chi connectivity index (χ4v) is 16.6. The van der Waals surface area contributed by atoms with Crippen LogP contribution in [0.1, 0.15) is 62.2 Å². The van der Waals surface area contributed by atoms with E-state index in [0.29, 0.717) is 97.0 Å². The summed E-state index contributed by atoms with van der Waals surface area (Å²) in [5, 5.41) is 26.2. The zero-order chi connectivity index (χ0) is 92.4. The van der Waals surface area contributed by atoms with Gasteiger partial charge in [-0.3, -0.25) is 9.97 Å². The first-order valence-corrected chi connectivity index (χ1v) is 44.6. The van der Waals surface area contributed by atoms with Crippen LogP contribution in [-0.2, 0) is 57.3 Å². The SMILES string of the molecule is CN(C)CCCc1cnc(F)c(Nc2ncc3c(n2)-c2ccc(Cl)cc2NC(=S)C3)c1.CN(C)CCc1cncc(Nc2ncc3c(n2)-c2ccc(C(F)(F)F)cc2NC(=S)C3)c1.CN1CCN(c2ccc(Nc3ncc4c(n3)-c3ccc(Cl)cc3NC(=S)C4)cn2)CC1.Cc1ncc(CCN2CCN(C)CC2)cc1Nc1ncc2c(n1)-c1ccc(C(F)(F)F)cc1NC(=S)C2. The molecule has 8 N–H and O–H groups in total. The highest BCUT2D eigenvalue weighted by Crippen LogP contribution is 2.43. The maximum absolute atomic E-state index is 14.4. The van der Waals surface area contributed by atoms with Gasteiger partial charge in [0.25, 0.3) is 0 Å². The van der Waals surface area contributed by atoms with Crippen molar-refractivity contribution in [2.45, 2.75) is 70.6 Å². The second-order valence-electron chi connectivity index (χ2n) is 32.9. The molecule has 8 aromatic heterocycles. The van der Waals surface area contributed by atoms with Crippen LogP contribution in [0.15, 0.2) is 159 Å². The van der Waals surface area contributed by atoms with E-state index in [2.05, 4.69) is 147 Å². The molecule has 0 aliphatic carbocycles. The Kier molecular flexibility index (Phi) is 30.0. The average Bonchev–Trinajstić information content (AvgIpc) is 1.70. The summed E-state index contributed by atoms with van der Waals surface area (Å²) in [7, 11) is 12.4. The molecule has 0 unspecified atom stereocenters. The lowest BCUT2D eigenvalue weighted by Gasteiger charge is -2.33. The van der Waals surface area contributed by atoms with Gasteiger partial charge in [-0.2, -0.15) is 30.7 Å². The number of aromatic nitrogens is 12. The number of anilines is 13. The highest BCUT2D eigenvalue weighted by atomic mass is 35.5. The van der Waals surface area contributed by atoms with Crippen LogP contribution in [0.3, 0.4) is 0 Å². The molecule has 0 spiro atoms. The van der Waals surface area contributed by atoms with Gasteiger partial charge in [0.15, 0.2) is 0 Å². The number of alkyl halides is 6. The van der Waals surface area contributed by atoms with Crippen LogP contribution in [0.4, 0.5) is 106 Å². The number of rotatable bonds is 19. The number of thiocarbonyl (C=S) groups is 4. The Morgan fingerprint density at radius 3 is 1.30 bits per heavy atom. The van der Waals surface area contributed by atoms with E-state index in [1.807, 2.05) is 108 Å². The average molecular weight is 1900 g/mol. The standard InChI is InChI=1S/C26H28F3N7S.C22H22ClFN6S.C22H22ClN7S.C22H21F3N6S/c1-16-21(11-17(14-30-16)5-6-36-9-7-35(2)8-10-36)33-25-31-15-18-12-23(37)32-22-13-19(26(27,28)29)3-4-20(22)24(18)34-25;1-30(2)7-3-4-13-8-18(21(24)25-11-13)28-22-26-12-14-9-19(31)27-17-10-15(23)5-6-16(17)20(14)29-22;1-29-6-8-30(9-7-29)19-5-3-16(13-24-19)26-22-25-12-14-10-20(31)27-18-11-15(23)2-4-17(18)21(14)28-22;1-31(2)6-5-13-7-16(12-26-10-13)28-21-27-11-14-8-19(32)29-18-9-15(22(23,24)25)3-4-17(18)20(14)30-21/h3-4,11,13-15H,5-10,12H2,1-2H3,(H,32,37)(H,31,33,34);5-6,8,10-12H,3-4,7,9H2,1-2H3,(H,27,31)(H,26,28,29);2-5,11-13H,6-10H2,1H3,(H,27,31)(H,25,26,28);3-4,7,9-12H,5-6,8H2,1-2H3,(H,29,32)(H,27,28,30). The Morgan fingerprint density at radius 1 is 0.412 bits per heavy atom. The molecule has 4 aromatic carbocycles. The van der Waals surface area contributed by atoms with Crippen LogP contribution >= 0.6 is 72.1 Å². The van der Waals surface area contributed by atoms with E-state index in [1.165, 1.54) is 12.1 Å². The summed E-state index contributed by atoms with van der Waals surface area (Å²) in [5.41, 5.74) is 16.2. The monoisotopic (exact) mass is 1890 g/mol. The minimum absolute atomic E-state index is 0.251. The molecule has 0 atom stereocenters. The third kappa shape index (κ3) is 24.7. The topological polar surface area (TPSA) is 270 Å². The molecule has 0 saturated carbocycles. The van der Waals surface area contributed by atoms with Gasteiger partial charge in [-0.1, -0.05) is 84.2 Å². The lowest BCUT2D eigenvalue weighted by molar-refractivity contribution is -0.138. The largest absolute Gasteiger partial charge is 0.416 e. The first kappa shape index (κ1) is 93.9. The Hall–Kier alpha value is -11.8. The van der Waals surface area contributed by atoms with Crippen LogP contribution in [0.25, 0.3) is 45.0 Å². The molecular formula is C92H93Cl2F7N26S4. The molecule has 14 heterocycles. The maximum Gasteiger partial charge on any atom is 0.416 e. The van der Waals surface area contributed by atoms with E-state index in [9.17, 15) is 30.7 Å². The van der Waals surface area contributed by atoms with E-state index in [1.54, 1.807) is 43.1 Å². The van der Waals surface area contributed by atoms with E-state index in [-0.39, 0.29) is 17.1 Å². The second-order valence-corrected chi connectivity index (χ2v) is 35.7. The zero-order valence-corrected chi connectivity index (χ0v) is 77.3. The van der Waals surface area contributed by atoms with Crippen molar-refractivity contribution in [1.29, 1.82) is 0 Å². The summed E-state index contributed by atoms with van der Waals surface area (Å²) >= 11 is 33.9. The van der Waals surface area contributed by atoms with Crippen molar-refractivity contribution in [3.63, 3.8) is 0 Å². The van der Waals surface area contributed by atoms with E-state index < -0.39 is 29.4 Å². The first-order valence-electron chi connectivity index (χ1n) is 42.2. The van der Waals surface area contributed by atoms with Crippen molar-refractivity contribution < 1.29 is 30.7 Å². The quantitative estimate of drug-likeness (QED) is 0.0212. The third-order valence-corrected chi connectivity index (χ3v) is 23.7. The molecule has 2 fully saturated rings. The molecule has 0 amide bonds. The number of nitrogens with one attached hydrogen (secondary N) is 8. The Balaban J connectivity index is 0.000000134. The highest BCUT2D eigenvalue weighted by molar-refractivity contribution is 7.81. The van der Waals surface area contributed by atoms with Gasteiger partial charge in [-0.25, -0.2) is 49.8 Å². The summed E-state index contributed by atoms with van der Waals surface area (Å²) in [6, 6.07) is 28.1. The first-order chi connectivity index (χ1) is 62.8. The van der Waals surface area contributed by atoms with Gasteiger partial charge in [0, 0.05) is 212 Å². The number of hydrogen-bond donors (Lipinski definition) is 8. The fourth-order valence-electron chi connectivity index (χ4n) is 15.2. The minimum Gasteiger partial charge on any atom is -0.354 e. The number of nitrogens with zero attached hydrogens (tertiary/aromatic N) is 18. The van der Waals surface area contributed by atoms with Gasteiger partial charge >= 0.3 is 12.4 Å². The molecule has 0 bridgehead atoms. The van der Waals surface area contributed by atoms with Crippen LogP contribution in [0.5, 0.6) is 0 Å². The molecule has 131 heavy (non-hydrogen) atoms. The smallest absolute Gasteiger partial charge is 0.354 e. The number of fused-ring (bicyclic) bond motifs is 12. The molecule has 26 nitrogen and oxygen atoms in total. The number of hydrogen-bond acceptors (Lipinski definition) is 26. The predicted octanol–water partition coefficient (Wildman–Crippen LogP) is 18.2. The van der Waals surface area contributed by atoms with E-state index in [0.717, 1.165) is 228 Å². The van der Waals surface area contributed by atoms with Crippen molar-refractivity contribution >= 4 is 167 Å². The number of aryl methyl sites for hydroxylation is 2. The zero-order valence-electron chi connectivity index (χ0n) is 72.5. The lowest BCUT2D eigenvalue weighted by atomic mass is 10.0. The van der Waals surface area contributed by atoms with Gasteiger partial charge in [0.2, 0.25) is 29.7 Å². The highest BCUT2D eigenvalue weighted by Gasteiger charge is 2.35. The van der Waals surface area contributed by atoms with Crippen LogP contribution < -0.4 is 47.4 Å². The van der Waals surface area contributed by atoms with Gasteiger partial charge in [0.05, 0.1) is 94.7 Å². The number of pyridine rings is 4. The summed E-state index contributed by atoms with van der Waals surface area (Å²) in [5.74, 6) is 1.88. The minimum atomic E-state index is -4.45. The molecule has 678 valence electrons. The maximum atomic E-state index is 14.4. The van der Waals surface area contributed by atoms with Crippen LogP contribution in [-0.4, -0.2) is 219 Å². The van der Waals surface area contributed by atoms with Crippen molar-refractivity contribution in [3.05, 3.63) is 231 Å². The van der Waals surface area contributed by atoms with Crippen molar-refractivity contribution in [2.75, 3.05) is 162 Å². The Bertz CT molecular complexity index is 6240. The molecule has 6 aliphatic rings.